The van der Waals surface area contributed by atoms with Crippen LogP contribution in [0.4, 0.5) is 0 Å². The molecule has 10 heteroatoms. The van der Waals surface area contributed by atoms with Crippen LogP contribution in [0.2, 0.25) is 0 Å². The van der Waals surface area contributed by atoms with Gasteiger partial charge >= 0.3 is 17.9 Å². The van der Waals surface area contributed by atoms with Gasteiger partial charge in [0.2, 0.25) is 0 Å². The fourth-order valence-electron chi connectivity index (χ4n) is 3.49. The van der Waals surface area contributed by atoms with Crippen molar-refractivity contribution in [1.82, 2.24) is 0 Å². The van der Waals surface area contributed by atoms with Crippen LogP contribution in [-0.4, -0.2) is 52.3 Å². The van der Waals surface area contributed by atoms with E-state index in [1.54, 1.807) is 48.5 Å². The van der Waals surface area contributed by atoms with Gasteiger partial charge in [-0.15, -0.1) is 23.5 Å². The van der Waals surface area contributed by atoms with Crippen LogP contribution in [0.1, 0.15) is 42.3 Å². The second kappa shape index (κ2) is 11.9. The highest BCUT2D eigenvalue weighted by molar-refractivity contribution is 8.17. The van der Waals surface area contributed by atoms with Crippen molar-refractivity contribution in [3.63, 3.8) is 0 Å². The third-order valence-electron chi connectivity index (χ3n) is 4.95. The van der Waals surface area contributed by atoms with Crippen molar-refractivity contribution in [2.75, 3.05) is 5.75 Å². The molecule has 2 aromatic carbocycles. The molecule has 0 aliphatic carbocycles. The zero-order valence-corrected chi connectivity index (χ0v) is 20.9. The second-order valence-corrected chi connectivity index (χ2v) is 10.3. The molecule has 0 aromatic heterocycles. The number of nitrogens with zero attached hydrogens (tertiary/aromatic N) is 1. The number of nitriles is 1. The number of rotatable bonds is 7. The summed E-state index contributed by atoms with van der Waals surface area (Å²) in [4.78, 5) is 48.6. The van der Waals surface area contributed by atoms with Crippen LogP contribution in [0.15, 0.2) is 53.4 Å². The van der Waals surface area contributed by atoms with Gasteiger partial charge in [0.25, 0.3) is 0 Å². The molecule has 2 aromatic rings. The molecule has 0 radical (unpaired) electrons. The largest absolute Gasteiger partial charge is 0.458 e. The van der Waals surface area contributed by atoms with E-state index in [0.717, 1.165) is 4.90 Å². The van der Waals surface area contributed by atoms with E-state index in [2.05, 4.69) is 0 Å². The summed E-state index contributed by atoms with van der Waals surface area (Å²) in [5.74, 6) is -1.48. The molecule has 1 aliphatic heterocycles. The first-order chi connectivity index (χ1) is 16.7. The van der Waals surface area contributed by atoms with E-state index in [1.807, 2.05) is 6.07 Å². The zero-order valence-electron chi connectivity index (χ0n) is 19.3. The number of thioether (sulfide) groups is 2. The Labute approximate surface area is 211 Å². The normalized spacial score (nSPS) is 21.3. The summed E-state index contributed by atoms with van der Waals surface area (Å²) in [7, 11) is 0. The van der Waals surface area contributed by atoms with E-state index in [4.69, 9.17) is 19.5 Å². The van der Waals surface area contributed by atoms with Gasteiger partial charge < -0.3 is 14.2 Å². The minimum atomic E-state index is -0.948. The van der Waals surface area contributed by atoms with E-state index < -0.39 is 36.2 Å². The lowest BCUT2D eigenvalue weighted by Crippen LogP contribution is -2.53. The molecule has 1 fully saturated rings. The van der Waals surface area contributed by atoms with Crippen LogP contribution in [0.5, 0.6) is 0 Å². The SMILES string of the molecule is CC(=O)O[C@H]1[C@H](OC(C)=O)CSC(Sc2ccc(C(=O)c3ccc(C#N)cc3)cc2)[C@@H]1OC(C)=O. The highest BCUT2D eigenvalue weighted by atomic mass is 32.2. The summed E-state index contributed by atoms with van der Waals surface area (Å²) in [6.45, 7) is 3.76. The fraction of sp³-hybridized carbons (Fsp3) is 0.320. The molecule has 8 nitrogen and oxygen atoms in total. The zero-order chi connectivity index (χ0) is 25.5. The molecule has 0 saturated carbocycles. The maximum atomic E-state index is 12.7. The molecule has 1 unspecified atom stereocenters. The number of ketones is 1. The Balaban J connectivity index is 1.78. The summed E-state index contributed by atoms with van der Waals surface area (Å²) in [6, 6.07) is 15.4. The summed E-state index contributed by atoms with van der Waals surface area (Å²) in [6.07, 6.45) is -2.56. The molecule has 0 spiro atoms. The monoisotopic (exact) mass is 513 g/mol. The summed E-state index contributed by atoms with van der Waals surface area (Å²) < 4.78 is 15.9. The molecule has 1 heterocycles. The van der Waals surface area contributed by atoms with Crippen molar-refractivity contribution < 1.29 is 33.4 Å². The molecular weight excluding hydrogens is 490 g/mol. The minimum absolute atomic E-state index is 0.171. The topological polar surface area (TPSA) is 120 Å². The smallest absolute Gasteiger partial charge is 0.303 e. The summed E-state index contributed by atoms with van der Waals surface area (Å²) in [5.41, 5.74) is 1.44. The van der Waals surface area contributed by atoms with Crippen molar-refractivity contribution in [2.45, 2.75) is 48.6 Å². The number of carbonyl (C=O) groups is 4. The quantitative estimate of drug-likeness (QED) is 0.307. The van der Waals surface area contributed by atoms with Crippen molar-refractivity contribution in [3.05, 3.63) is 65.2 Å². The van der Waals surface area contributed by atoms with Gasteiger partial charge in [-0.05, 0) is 48.5 Å². The first-order valence-electron chi connectivity index (χ1n) is 10.6. The van der Waals surface area contributed by atoms with E-state index in [9.17, 15) is 19.2 Å². The van der Waals surface area contributed by atoms with Gasteiger partial charge in [-0.2, -0.15) is 5.26 Å². The van der Waals surface area contributed by atoms with E-state index in [0.29, 0.717) is 22.4 Å². The predicted molar refractivity (Wildman–Crippen MR) is 130 cm³/mol. The first-order valence-corrected chi connectivity index (χ1v) is 12.6. The lowest BCUT2D eigenvalue weighted by Gasteiger charge is -2.39. The Bertz CT molecular complexity index is 1140. The van der Waals surface area contributed by atoms with E-state index in [-0.39, 0.29) is 10.4 Å². The Morgan fingerprint density at radius 2 is 1.34 bits per heavy atom. The van der Waals surface area contributed by atoms with Gasteiger partial charge in [-0.3, -0.25) is 19.2 Å². The fourth-order valence-corrected chi connectivity index (χ4v) is 6.28. The first kappa shape index (κ1) is 26.3. The van der Waals surface area contributed by atoms with Crippen LogP contribution in [0.25, 0.3) is 0 Å². The van der Waals surface area contributed by atoms with Gasteiger partial charge in [0.1, 0.15) is 0 Å². The molecule has 0 amide bonds. The number of esters is 3. The minimum Gasteiger partial charge on any atom is -0.458 e. The maximum absolute atomic E-state index is 12.7. The van der Waals surface area contributed by atoms with Gasteiger partial charge in [-0.25, -0.2) is 0 Å². The number of ether oxygens (including phenoxy) is 3. The highest BCUT2D eigenvalue weighted by Crippen LogP contribution is 2.41. The molecule has 3 rings (SSSR count). The predicted octanol–water partition coefficient (Wildman–Crippen LogP) is 3.75. The van der Waals surface area contributed by atoms with E-state index >= 15 is 0 Å². The number of benzene rings is 2. The number of carbonyl (C=O) groups excluding carboxylic acids is 4. The average Bonchev–Trinajstić information content (AvgIpc) is 2.82. The van der Waals surface area contributed by atoms with Gasteiger partial charge in [0.05, 0.1) is 16.2 Å². The van der Waals surface area contributed by atoms with Crippen LogP contribution in [-0.2, 0) is 28.6 Å². The van der Waals surface area contributed by atoms with Crippen LogP contribution < -0.4 is 0 Å². The van der Waals surface area contributed by atoms with Crippen LogP contribution in [0.3, 0.4) is 0 Å². The molecule has 0 N–H and O–H groups in total. The Hall–Kier alpha value is -3.29. The Morgan fingerprint density at radius 1 is 0.829 bits per heavy atom. The van der Waals surface area contributed by atoms with E-state index in [1.165, 1.54) is 44.3 Å². The Morgan fingerprint density at radius 3 is 1.86 bits per heavy atom. The molecule has 4 atom stereocenters. The van der Waals surface area contributed by atoms with Crippen molar-refractivity contribution in [2.24, 2.45) is 0 Å². The lowest BCUT2D eigenvalue weighted by atomic mass is 10.0. The maximum Gasteiger partial charge on any atom is 0.303 e. The molecular formula is C25H23NO7S2. The van der Waals surface area contributed by atoms with Crippen LogP contribution in [0, 0.1) is 11.3 Å². The summed E-state index contributed by atoms with van der Waals surface area (Å²) in [5, 5.41) is 8.92. The molecule has 1 aliphatic rings. The second-order valence-electron chi connectivity index (χ2n) is 7.66. The highest BCUT2D eigenvalue weighted by Gasteiger charge is 2.46. The Kier molecular flexibility index (Phi) is 8.95. The van der Waals surface area contributed by atoms with Gasteiger partial charge in [-0.1, -0.05) is 0 Å². The molecule has 182 valence electrons. The number of hydrogen-bond acceptors (Lipinski definition) is 10. The third kappa shape index (κ3) is 7.10. The van der Waals surface area contributed by atoms with Crippen molar-refractivity contribution >= 4 is 47.2 Å². The van der Waals surface area contributed by atoms with Crippen molar-refractivity contribution in [1.29, 1.82) is 5.26 Å². The van der Waals surface area contributed by atoms with Crippen LogP contribution >= 0.6 is 23.5 Å². The van der Waals surface area contributed by atoms with Crippen molar-refractivity contribution in [3.8, 4) is 6.07 Å². The number of hydrogen-bond donors (Lipinski definition) is 0. The standard InChI is InChI=1S/C25H23NO7S2/c1-14(27)31-21-13-34-25(24(33-16(3)29)23(21)32-15(2)28)35-20-10-8-19(9-11-20)22(30)18-6-4-17(12-26)5-7-18/h4-11,21,23-25H,13H2,1-3H3/t21-,23+,24-,25?/m1/s1. The molecule has 0 bridgehead atoms. The average molecular weight is 514 g/mol. The van der Waals surface area contributed by atoms with Gasteiger partial charge in [0.15, 0.2) is 24.1 Å². The van der Waals surface area contributed by atoms with Gasteiger partial charge in [0, 0.05) is 42.5 Å². The summed E-state index contributed by atoms with van der Waals surface area (Å²) >= 11 is 2.82. The molecule has 35 heavy (non-hydrogen) atoms. The molecule has 1 saturated heterocycles. The third-order valence-corrected chi connectivity index (χ3v) is 7.81. The lowest BCUT2D eigenvalue weighted by molar-refractivity contribution is -0.180.